The molecule has 0 aliphatic carbocycles. The molecule has 2 heterocycles. The zero-order chi connectivity index (χ0) is 15.4. The fourth-order valence-electron chi connectivity index (χ4n) is 2.04. The molecule has 0 saturated heterocycles. The number of nitrogens with one attached hydrogen (secondary N) is 1. The van der Waals surface area contributed by atoms with Crippen LogP contribution in [-0.2, 0) is 6.42 Å². The van der Waals surface area contributed by atoms with Crippen LogP contribution in [0.15, 0.2) is 54.2 Å². The normalized spacial score (nSPS) is 10.4. The summed E-state index contributed by atoms with van der Waals surface area (Å²) in [6.07, 6.45) is 4.44. The molecular formula is C17H15N3OS. The summed E-state index contributed by atoms with van der Waals surface area (Å²) in [5.74, 6) is -0.144. The minimum absolute atomic E-state index is 0.144. The Hall–Kier alpha value is -2.53. The van der Waals surface area contributed by atoms with Gasteiger partial charge in [0, 0.05) is 28.9 Å². The molecule has 0 unspecified atom stereocenters. The minimum Gasteiger partial charge on any atom is -0.298 e. The molecule has 3 rings (SSSR count). The molecule has 4 nitrogen and oxygen atoms in total. The lowest BCUT2D eigenvalue weighted by molar-refractivity contribution is 0.102. The van der Waals surface area contributed by atoms with Gasteiger partial charge in [-0.15, -0.1) is 11.3 Å². The molecule has 5 heteroatoms. The summed E-state index contributed by atoms with van der Waals surface area (Å²) < 4.78 is 0. The van der Waals surface area contributed by atoms with Gasteiger partial charge in [0.1, 0.15) is 0 Å². The van der Waals surface area contributed by atoms with Crippen LogP contribution in [0.1, 0.15) is 22.8 Å². The Balaban J connectivity index is 1.73. The average Bonchev–Trinajstić information content (AvgIpc) is 3.04. The van der Waals surface area contributed by atoms with Crippen molar-refractivity contribution in [3.63, 3.8) is 0 Å². The zero-order valence-corrected chi connectivity index (χ0v) is 12.9. The second-order valence-electron chi connectivity index (χ2n) is 4.78. The Labute approximate surface area is 132 Å². The molecule has 2 aromatic heterocycles. The van der Waals surface area contributed by atoms with E-state index in [1.165, 1.54) is 16.9 Å². The largest absolute Gasteiger partial charge is 0.298 e. The van der Waals surface area contributed by atoms with Gasteiger partial charge in [-0.1, -0.05) is 19.1 Å². The van der Waals surface area contributed by atoms with Crippen LogP contribution in [0.25, 0.3) is 11.3 Å². The molecule has 0 radical (unpaired) electrons. The highest BCUT2D eigenvalue weighted by Crippen LogP contribution is 2.24. The van der Waals surface area contributed by atoms with Crippen molar-refractivity contribution in [1.29, 1.82) is 0 Å². The van der Waals surface area contributed by atoms with E-state index in [9.17, 15) is 4.79 Å². The van der Waals surface area contributed by atoms with E-state index in [0.717, 1.165) is 17.7 Å². The summed E-state index contributed by atoms with van der Waals surface area (Å²) in [4.78, 5) is 20.7. The van der Waals surface area contributed by atoms with Gasteiger partial charge >= 0.3 is 0 Å². The zero-order valence-electron chi connectivity index (χ0n) is 12.1. The highest BCUT2D eigenvalue weighted by Gasteiger charge is 2.10. The number of rotatable bonds is 4. The van der Waals surface area contributed by atoms with Gasteiger partial charge < -0.3 is 0 Å². The summed E-state index contributed by atoms with van der Waals surface area (Å²) in [5, 5.41) is 5.33. The third-order valence-electron chi connectivity index (χ3n) is 3.31. The Morgan fingerprint density at radius 2 is 2.05 bits per heavy atom. The van der Waals surface area contributed by atoms with E-state index in [2.05, 4.69) is 22.2 Å². The van der Waals surface area contributed by atoms with Crippen LogP contribution >= 0.6 is 11.3 Å². The minimum atomic E-state index is -0.144. The van der Waals surface area contributed by atoms with Gasteiger partial charge in [0.15, 0.2) is 5.13 Å². The number of thiazole rings is 1. The van der Waals surface area contributed by atoms with Crippen molar-refractivity contribution in [2.45, 2.75) is 13.3 Å². The van der Waals surface area contributed by atoms with Gasteiger partial charge in [-0.3, -0.25) is 15.1 Å². The number of nitrogens with zero attached hydrogens (tertiary/aromatic N) is 2. The first-order chi connectivity index (χ1) is 10.8. The number of pyridine rings is 1. The quantitative estimate of drug-likeness (QED) is 0.792. The van der Waals surface area contributed by atoms with Crippen molar-refractivity contribution in [3.8, 4) is 11.3 Å². The predicted octanol–water partition coefficient (Wildman–Crippen LogP) is 4.02. The van der Waals surface area contributed by atoms with Crippen LogP contribution in [0.3, 0.4) is 0 Å². The Bertz CT molecular complexity index is 766. The molecule has 0 atom stereocenters. The van der Waals surface area contributed by atoms with E-state index < -0.39 is 0 Å². The Kier molecular flexibility index (Phi) is 4.25. The molecule has 1 aromatic carbocycles. The van der Waals surface area contributed by atoms with E-state index in [1.807, 2.05) is 41.8 Å². The van der Waals surface area contributed by atoms with Crippen molar-refractivity contribution in [1.82, 2.24) is 9.97 Å². The van der Waals surface area contributed by atoms with Gasteiger partial charge in [-0.25, -0.2) is 4.98 Å². The van der Waals surface area contributed by atoms with Crippen molar-refractivity contribution in [2.24, 2.45) is 0 Å². The molecule has 0 spiro atoms. The number of hydrogen-bond acceptors (Lipinski definition) is 4. The van der Waals surface area contributed by atoms with E-state index in [4.69, 9.17) is 0 Å². The second kappa shape index (κ2) is 6.49. The van der Waals surface area contributed by atoms with Gasteiger partial charge in [0.25, 0.3) is 5.91 Å². The molecule has 1 amide bonds. The summed E-state index contributed by atoms with van der Waals surface area (Å²) in [7, 11) is 0. The molecule has 0 aliphatic rings. The lowest BCUT2D eigenvalue weighted by Crippen LogP contribution is -2.11. The molecule has 0 fully saturated rings. The van der Waals surface area contributed by atoms with E-state index in [0.29, 0.717) is 10.7 Å². The molecule has 0 aliphatic heterocycles. The average molecular weight is 309 g/mol. The van der Waals surface area contributed by atoms with E-state index in [-0.39, 0.29) is 5.91 Å². The second-order valence-corrected chi connectivity index (χ2v) is 5.64. The molecule has 110 valence electrons. The maximum absolute atomic E-state index is 12.2. The van der Waals surface area contributed by atoms with Crippen LogP contribution in [-0.4, -0.2) is 15.9 Å². The number of amides is 1. The number of carbonyl (C=O) groups excluding carboxylic acids is 1. The van der Waals surface area contributed by atoms with E-state index >= 15 is 0 Å². The standard InChI is InChI=1S/C17H15N3OS/c1-2-12-5-7-13(8-6-12)16(21)20-17-19-15(11-22-17)14-4-3-9-18-10-14/h3-11H,2H2,1H3,(H,19,20,21). The molecule has 0 saturated carbocycles. The van der Waals surface area contributed by atoms with Crippen molar-refractivity contribution in [2.75, 3.05) is 5.32 Å². The number of aromatic nitrogens is 2. The Morgan fingerprint density at radius 3 is 2.73 bits per heavy atom. The van der Waals surface area contributed by atoms with Gasteiger partial charge in [-0.2, -0.15) is 0 Å². The van der Waals surface area contributed by atoms with Crippen molar-refractivity contribution >= 4 is 22.4 Å². The van der Waals surface area contributed by atoms with Gasteiger partial charge in [-0.05, 0) is 36.2 Å². The lowest BCUT2D eigenvalue weighted by Gasteiger charge is -2.02. The maximum atomic E-state index is 12.2. The summed E-state index contributed by atoms with van der Waals surface area (Å²) >= 11 is 1.40. The molecule has 22 heavy (non-hydrogen) atoms. The van der Waals surface area contributed by atoms with E-state index in [1.54, 1.807) is 12.4 Å². The predicted molar refractivity (Wildman–Crippen MR) is 89.1 cm³/mol. The molecule has 0 bridgehead atoms. The lowest BCUT2D eigenvalue weighted by atomic mass is 10.1. The summed E-state index contributed by atoms with van der Waals surface area (Å²) in [5.41, 5.74) is 3.60. The number of hydrogen-bond donors (Lipinski definition) is 1. The highest BCUT2D eigenvalue weighted by molar-refractivity contribution is 7.14. The van der Waals surface area contributed by atoms with Crippen molar-refractivity contribution < 1.29 is 4.79 Å². The van der Waals surface area contributed by atoms with Crippen molar-refractivity contribution in [3.05, 3.63) is 65.3 Å². The smallest absolute Gasteiger partial charge is 0.257 e. The first-order valence-electron chi connectivity index (χ1n) is 7.02. The highest BCUT2D eigenvalue weighted by atomic mass is 32.1. The van der Waals surface area contributed by atoms with Crippen LogP contribution in [0, 0.1) is 0 Å². The number of anilines is 1. The first-order valence-corrected chi connectivity index (χ1v) is 7.90. The SMILES string of the molecule is CCc1ccc(C(=O)Nc2nc(-c3cccnc3)cs2)cc1. The third-order valence-corrected chi connectivity index (χ3v) is 4.06. The van der Waals surface area contributed by atoms with Crippen LogP contribution in [0.4, 0.5) is 5.13 Å². The van der Waals surface area contributed by atoms with Crippen LogP contribution in [0.2, 0.25) is 0 Å². The monoisotopic (exact) mass is 309 g/mol. The molecule has 3 aromatic rings. The number of benzene rings is 1. The third kappa shape index (κ3) is 3.20. The topological polar surface area (TPSA) is 54.9 Å². The van der Waals surface area contributed by atoms with Gasteiger partial charge in [0.2, 0.25) is 0 Å². The fourth-order valence-corrected chi connectivity index (χ4v) is 2.75. The first kappa shape index (κ1) is 14.4. The van der Waals surface area contributed by atoms with Gasteiger partial charge in [0.05, 0.1) is 5.69 Å². The Morgan fingerprint density at radius 1 is 1.23 bits per heavy atom. The maximum Gasteiger partial charge on any atom is 0.257 e. The number of carbonyl (C=O) groups is 1. The molecule has 1 N–H and O–H groups in total. The summed E-state index contributed by atoms with van der Waals surface area (Å²) in [6, 6.07) is 11.4. The van der Waals surface area contributed by atoms with Crippen LogP contribution in [0.5, 0.6) is 0 Å². The number of aryl methyl sites for hydroxylation is 1. The fraction of sp³-hybridized carbons (Fsp3) is 0.118. The summed E-state index contributed by atoms with van der Waals surface area (Å²) in [6.45, 7) is 2.09. The van der Waals surface area contributed by atoms with Crippen LogP contribution < -0.4 is 5.32 Å². The molecular weight excluding hydrogens is 294 g/mol.